The number of primary amides is 1. The topological polar surface area (TPSA) is 64.8 Å². The van der Waals surface area contributed by atoms with Gasteiger partial charge in [-0.05, 0) is 44.0 Å². The summed E-state index contributed by atoms with van der Waals surface area (Å²) in [7, 11) is 1.63. The lowest BCUT2D eigenvalue weighted by atomic mass is 10.2. The van der Waals surface area contributed by atoms with Crippen molar-refractivity contribution in [3.8, 4) is 11.5 Å². The Morgan fingerprint density at radius 1 is 1.45 bits per heavy atom. The van der Waals surface area contributed by atoms with E-state index in [1.54, 1.807) is 7.11 Å². The van der Waals surface area contributed by atoms with E-state index in [4.69, 9.17) is 15.2 Å². The molecule has 0 aliphatic carbocycles. The van der Waals surface area contributed by atoms with Gasteiger partial charge in [-0.2, -0.15) is 0 Å². The molecule has 0 aromatic heterocycles. The highest BCUT2D eigenvalue weighted by Crippen LogP contribution is 2.27. The van der Waals surface area contributed by atoms with Gasteiger partial charge >= 0.3 is 0 Å². The van der Waals surface area contributed by atoms with Gasteiger partial charge in [0.1, 0.15) is 6.61 Å². The van der Waals surface area contributed by atoms with Gasteiger partial charge in [0.15, 0.2) is 11.5 Å². The highest BCUT2D eigenvalue weighted by Gasteiger charge is 2.28. The Balaban J connectivity index is 1.88. The van der Waals surface area contributed by atoms with Crippen molar-refractivity contribution in [2.75, 3.05) is 26.8 Å². The maximum atomic E-state index is 11.3. The van der Waals surface area contributed by atoms with E-state index >= 15 is 0 Å². The lowest BCUT2D eigenvalue weighted by Crippen LogP contribution is -2.42. The maximum absolute atomic E-state index is 11.3. The first kappa shape index (κ1) is 14.7. The molecule has 1 aliphatic heterocycles. The standard InChI is InChI=1S/C15H22N2O3/c1-11-5-6-13(14(10-11)19-2)20-9-8-17-7-3-4-12(17)15(16)18/h5-6,10,12H,3-4,7-9H2,1-2H3,(H2,16,18)/t12-/m0/s1. The molecule has 0 saturated carbocycles. The molecule has 0 spiro atoms. The lowest BCUT2D eigenvalue weighted by molar-refractivity contribution is -0.122. The molecule has 20 heavy (non-hydrogen) atoms. The number of ether oxygens (including phenoxy) is 2. The van der Waals surface area contributed by atoms with E-state index < -0.39 is 0 Å². The number of rotatable bonds is 6. The first-order chi connectivity index (χ1) is 9.61. The van der Waals surface area contributed by atoms with E-state index in [-0.39, 0.29) is 11.9 Å². The number of methoxy groups -OCH3 is 1. The normalized spacial score (nSPS) is 19.0. The number of amides is 1. The number of hydrogen-bond acceptors (Lipinski definition) is 4. The van der Waals surface area contributed by atoms with Crippen molar-refractivity contribution < 1.29 is 14.3 Å². The Morgan fingerprint density at radius 3 is 2.95 bits per heavy atom. The Hall–Kier alpha value is -1.75. The molecule has 1 saturated heterocycles. The van der Waals surface area contributed by atoms with Crippen LogP contribution in [0.2, 0.25) is 0 Å². The average Bonchev–Trinajstić information content (AvgIpc) is 2.89. The molecule has 0 bridgehead atoms. The first-order valence-corrected chi connectivity index (χ1v) is 6.92. The second-order valence-corrected chi connectivity index (χ2v) is 5.10. The quantitative estimate of drug-likeness (QED) is 0.852. The van der Waals surface area contributed by atoms with Crippen molar-refractivity contribution in [1.29, 1.82) is 0 Å². The van der Waals surface area contributed by atoms with E-state index in [1.165, 1.54) is 0 Å². The van der Waals surface area contributed by atoms with E-state index in [1.807, 2.05) is 25.1 Å². The fourth-order valence-electron chi connectivity index (χ4n) is 2.58. The van der Waals surface area contributed by atoms with Crippen LogP contribution >= 0.6 is 0 Å². The van der Waals surface area contributed by atoms with Gasteiger partial charge in [-0.15, -0.1) is 0 Å². The Morgan fingerprint density at radius 2 is 2.25 bits per heavy atom. The van der Waals surface area contributed by atoms with Crippen molar-refractivity contribution in [3.05, 3.63) is 23.8 Å². The highest BCUT2D eigenvalue weighted by atomic mass is 16.5. The number of carbonyl (C=O) groups is 1. The molecule has 1 atom stereocenters. The minimum Gasteiger partial charge on any atom is -0.493 e. The van der Waals surface area contributed by atoms with Crippen LogP contribution in [0.25, 0.3) is 0 Å². The third kappa shape index (κ3) is 3.42. The number of aryl methyl sites for hydroxylation is 1. The zero-order valence-electron chi connectivity index (χ0n) is 12.1. The molecule has 2 rings (SSSR count). The van der Waals surface area contributed by atoms with Crippen LogP contribution in [-0.2, 0) is 4.79 Å². The molecule has 110 valence electrons. The summed E-state index contributed by atoms with van der Waals surface area (Å²) in [5, 5.41) is 0. The number of hydrogen-bond donors (Lipinski definition) is 1. The minimum absolute atomic E-state index is 0.140. The van der Waals surface area contributed by atoms with Crippen LogP contribution in [0.15, 0.2) is 18.2 Å². The molecule has 0 radical (unpaired) electrons. The highest BCUT2D eigenvalue weighted by molar-refractivity contribution is 5.80. The van der Waals surface area contributed by atoms with Crippen molar-refractivity contribution in [3.63, 3.8) is 0 Å². The molecule has 1 aromatic rings. The Kier molecular flexibility index (Phi) is 4.84. The smallest absolute Gasteiger partial charge is 0.234 e. The van der Waals surface area contributed by atoms with E-state index in [2.05, 4.69) is 4.90 Å². The molecule has 5 heteroatoms. The summed E-state index contributed by atoms with van der Waals surface area (Å²) in [5.41, 5.74) is 6.52. The van der Waals surface area contributed by atoms with Crippen molar-refractivity contribution in [2.24, 2.45) is 5.73 Å². The Bertz CT molecular complexity index is 476. The second kappa shape index (κ2) is 6.61. The second-order valence-electron chi connectivity index (χ2n) is 5.10. The van der Waals surface area contributed by atoms with E-state index in [0.29, 0.717) is 13.2 Å². The van der Waals surface area contributed by atoms with Crippen LogP contribution in [0.3, 0.4) is 0 Å². The van der Waals surface area contributed by atoms with Gasteiger partial charge in [-0.25, -0.2) is 0 Å². The van der Waals surface area contributed by atoms with Crippen LogP contribution in [-0.4, -0.2) is 43.7 Å². The van der Waals surface area contributed by atoms with Crippen LogP contribution in [0.5, 0.6) is 11.5 Å². The molecule has 5 nitrogen and oxygen atoms in total. The summed E-state index contributed by atoms with van der Waals surface area (Å²) in [5.74, 6) is 1.22. The predicted molar refractivity (Wildman–Crippen MR) is 77.0 cm³/mol. The third-order valence-electron chi connectivity index (χ3n) is 3.65. The van der Waals surface area contributed by atoms with Crippen LogP contribution < -0.4 is 15.2 Å². The lowest BCUT2D eigenvalue weighted by Gasteiger charge is -2.22. The van der Waals surface area contributed by atoms with Gasteiger partial charge in [0.05, 0.1) is 13.2 Å². The average molecular weight is 278 g/mol. The summed E-state index contributed by atoms with van der Waals surface area (Å²) in [6.45, 7) is 4.13. The molecular weight excluding hydrogens is 256 g/mol. The monoisotopic (exact) mass is 278 g/mol. The van der Waals surface area contributed by atoms with Crippen LogP contribution in [0.1, 0.15) is 18.4 Å². The van der Waals surface area contributed by atoms with Gasteiger partial charge in [-0.3, -0.25) is 9.69 Å². The zero-order valence-corrected chi connectivity index (χ0v) is 12.1. The Labute approximate surface area is 119 Å². The third-order valence-corrected chi connectivity index (χ3v) is 3.65. The van der Waals surface area contributed by atoms with Crippen molar-refractivity contribution in [2.45, 2.75) is 25.8 Å². The summed E-state index contributed by atoms with van der Waals surface area (Å²) in [4.78, 5) is 13.4. The van der Waals surface area contributed by atoms with Gasteiger partial charge in [0.25, 0.3) is 0 Å². The van der Waals surface area contributed by atoms with Crippen LogP contribution in [0, 0.1) is 6.92 Å². The molecule has 1 heterocycles. The summed E-state index contributed by atoms with van der Waals surface area (Å²) in [6.07, 6.45) is 1.87. The largest absolute Gasteiger partial charge is 0.493 e. The van der Waals surface area contributed by atoms with Crippen molar-refractivity contribution >= 4 is 5.91 Å². The number of nitrogens with zero attached hydrogens (tertiary/aromatic N) is 1. The first-order valence-electron chi connectivity index (χ1n) is 6.92. The molecule has 1 aromatic carbocycles. The minimum atomic E-state index is -0.240. The fraction of sp³-hybridized carbons (Fsp3) is 0.533. The molecule has 0 unspecified atom stereocenters. The number of benzene rings is 1. The zero-order chi connectivity index (χ0) is 14.5. The number of likely N-dealkylation sites (tertiary alicyclic amines) is 1. The maximum Gasteiger partial charge on any atom is 0.234 e. The van der Waals surface area contributed by atoms with Gasteiger partial charge in [-0.1, -0.05) is 6.07 Å². The summed E-state index contributed by atoms with van der Waals surface area (Å²) < 4.78 is 11.0. The fourth-order valence-corrected chi connectivity index (χ4v) is 2.58. The van der Waals surface area contributed by atoms with Gasteiger partial charge in [0.2, 0.25) is 5.91 Å². The van der Waals surface area contributed by atoms with E-state index in [0.717, 1.165) is 36.4 Å². The van der Waals surface area contributed by atoms with E-state index in [9.17, 15) is 4.79 Å². The SMILES string of the molecule is COc1cc(C)ccc1OCCN1CCC[C@H]1C(N)=O. The van der Waals surface area contributed by atoms with Crippen molar-refractivity contribution in [1.82, 2.24) is 4.90 Å². The van der Waals surface area contributed by atoms with Gasteiger partial charge < -0.3 is 15.2 Å². The van der Waals surface area contributed by atoms with Gasteiger partial charge in [0, 0.05) is 6.54 Å². The van der Waals surface area contributed by atoms with Crippen LogP contribution in [0.4, 0.5) is 0 Å². The summed E-state index contributed by atoms with van der Waals surface area (Å²) in [6, 6.07) is 5.69. The number of carbonyl (C=O) groups excluding carboxylic acids is 1. The molecule has 1 aliphatic rings. The number of nitrogens with two attached hydrogens (primary N) is 1. The summed E-state index contributed by atoms with van der Waals surface area (Å²) >= 11 is 0. The predicted octanol–water partition coefficient (Wildman–Crippen LogP) is 1.33. The molecule has 1 amide bonds. The molecular formula is C15H22N2O3. The molecule has 2 N–H and O–H groups in total. The molecule has 1 fully saturated rings.